The van der Waals surface area contributed by atoms with Crippen molar-refractivity contribution in [2.75, 3.05) is 26.2 Å². The largest absolute Gasteiger partial charge is 0.443 e. The highest BCUT2D eigenvalue weighted by Crippen LogP contribution is 2.41. The topological polar surface area (TPSA) is 63.5 Å². The van der Waals surface area contributed by atoms with Crippen LogP contribution < -0.4 is 0 Å². The van der Waals surface area contributed by atoms with E-state index in [1.807, 2.05) is 43.7 Å². The van der Waals surface area contributed by atoms with Crippen LogP contribution in [-0.4, -0.2) is 62.2 Å². The van der Waals surface area contributed by atoms with E-state index in [1.165, 1.54) is 28.0 Å². The maximum atomic E-state index is 12.7. The van der Waals surface area contributed by atoms with Crippen molar-refractivity contribution in [3.8, 4) is 0 Å². The predicted molar refractivity (Wildman–Crippen MR) is 139 cm³/mol. The summed E-state index contributed by atoms with van der Waals surface area (Å²) in [5, 5.41) is 0. The van der Waals surface area contributed by atoms with Gasteiger partial charge in [-0.3, -0.25) is 9.88 Å². The number of carbonyl (C=O) groups excluding carboxylic acids is 1. The first-order chi connectivity index (χ1) is 17.4. The second-order valence-electron chi connectivity index (χ2n) is 10.7. The monoisotopic (exact) mass is 483 g/mol. The van der Waals surface area contributed by atoms with Crippen LogP contribution in [0, 0.1) is 6.92 Å². The number of carbonyl (C=O) groups is 1. The fourth-order valence-corrected chi connectivity index (χ4v) is 5.36. The van der Waals surface area contributed by atoms with Gasteiger partial charge in [-0.15, -0.1) is 0 Å². The zero-order valence-electron chi connectivity index (χ0n) is 21.3. The summed E-state index contributed by atoms with van der Waals surface area (Å²) in [4.78, 5) is 26.3. The first-order valence-corrected chi connectivity index (χ1v) is 12.8. The van der Waals surface area contributed by atoms with Crippen molar-refractivity contribution in [3.63, 3.8) is 0 Å². The number of allylic oxidation sites excluding steroid dienone is 1. The molecule has 3 aromatic rings. The Bertz CT molecular complexity index is 1330. The third-order valence-corrected chi connectivity index (χ3v) is 7.82. The van der Waals surface area contributed by atoms with Crippen LogP contribution in [0.5, 0.6) is 0 Å². The maximum Gasteiger partial charge on any atom is 0.410 e. The van der Waals surface area contributed by atoms with E-state index in [4.69, 9.17) is 9.72 Å². The molecule has 186 valence electrons. The number of nitrogens with zero attached hydrogens (tertiary/aromatic N) is 5. The summed E-state index contributed by atoms with van der Waals surface area (Å²) < 4.78 is 7.82. The summed E-state index contributed by atoms with van der Waals surface area (Å²) in [6.45, 7) is 7.03. The number of rotatable bonds is 4. The van der Waals surface area contributed by atoms with Crippen LogP contribution >= 0.6 is 0 Å². The molecule has 3 aliphatic rings. The van der Waals surface area contributed by atoms with Crippen LogP contribution in [0.1, 0.15) is 59.4 Å². The molecule has 0 unspecified atom stereocenters. The standard InChI is InChI=1S/C29H33N5O2/c1-20-6-7-24-25(15-20)22(17-23-18-30-19-32(23)3)16-21-5-4-10-31-26(21)27(24)33-11-13-34(14-12-33)28(35)36-29(2)8-9-29/h4-7,10,15-16,18-19,27H,8-9,11-14,17H2,1-3H3/t27-/m0/s1. The zero-order valence-corrected chi connectivity index (χ0v) is 21.3. The van der Waals surface area contributed by atoms with Gasteiger partial charge in [-0.2, -0.15) is 0 Å². The second-order valence-corrected chi connectivity index (χ2v) is 10.7. The lowest BCUT2D eigenvalue weighted by Gasteiger charge is -2.39. The number of aromatic nitrogens is 3. The Labute approximate surface area is 212 Å². The summed E-state index contributed by atoms with van der Waals surface area (Å²) in [7, 11) is 2.04. The van der Waals surface area contributed by atoms with Gasteiger partial charge in [0.15, 0.2) is 0 Å². The first-order valence-electron chi connectivity index (χ1n) is 12.8. The van der Waals surface area contributed by atoms with Gasteiger partial charge in [0.1, 0.15) is 5.60 Å². The number of ether oxygens (including phenoxy) is 1. The molecule has 6 rings (SSSR count). The van der Waals surface area contributed by atoms with Gasteiger partial charge in [-0.25, -0.2) is 9.78 Å². The van der Waals surface area contributed by atoms with Crippen molar-refractivity contribution in [1.29, 1.82) is 0 Å². The molecule has 2 aromatic heterocycles. The van der Waals surface area contributed by atoms with Gasteiger partial charge in [0.2, 0.25) is 0 Å². The Hall–Kier alpha value is -3.45. The SMILES string of the molecule is Cc1ccc2c(c1)C(Cc1cncn1C)=Cc1cccnc1[C@H]2N1CCN(C(=O)OC2(C)CC2)CC1. The number of aryl methyl sites for hydroxylation is 2. The Morgan fingerprint density at radius 1 is 1.17 bits per heavy atom. The predicted octanol–water partition coefficient (Wildman–Crippen LogP) is 4.62. The average Bonchev–Trinajstić information content (AvgIpc) is 3.50. The Balaban J connectivity index is 1.34. The molecule has 2 fully saturated rings. The van der Waals surface area contributed by atoms with E-state index < -0.39 is 0 Å². The molecule has 1 aliphatic heterocycles. The smallest absolute Gasteiger partial charge is 0.410 e. The highest BCUT2D eigenvalue weighted by atomic mass is 16.6. The molecule has 2 aliphatic carbocycles. The second kappa shape index (κ2) is 8.89. The van der Waals surface area contributed by atoms with Crippen LogP contribution in [-0.2, 0) is 18.2 Å². The molecule has 3 heterocycles. The normalized spacial score (nSPS) is 20.7. The van der Waals surface area contributed by atoms with Crippen molar-refractivity contribution >= 4 is 17.7 Å². The highest BCUT2D eigenvalue weighted by Gasteiger charge is 2.43. The van der Waals surface area contributed by atoms with Gasteiger partial charge in [0.25, 0.3) is 0 Å². The fourth-order valence-electron chi connectivity index (χ4n) is 5.36. The minimum absolute atomic E-state index is 0.0243. The highest BCUT2D eigenvalue weighted by molar-refractivity contribution is 5.86. The summed E-state index contributed by atoms with van der Waals surface area (Å²) in [6, 6.07) is 11.0. The van der Waals surface area contributed by atoms with Crippen LogP contribution in [0.3, 0.4) is 0 Å². The Morgan fingerprint density at radius 2 is 1.97 bits per heavy atom. The summed E-state index contributed by atoms with van der Waals surface area (Å²) in [6.07, 6.45) is 10.6. The molecule has 36 heavy (non-hydrogen) atoms. The van der Waals surface area contributed by atoms with Crippen molar-refractivity contribution in [3.05, 3.63) is 82.7 Å². The molecule has 1 saturated heterocycles. The fraction of sp³-hybridized carbons (Fsp3) is 0.414. The Morgan fingerprint density at radius 3 is 2.69 bits per heavy atom. The van der Waals surface area contributed by atoms with Crippen molar-refractivity contribution in [1.82, 2.24) is 24.3 Å². The van der Waals surface area contributed by atoms with E-state index in [0.29, 0.717) is 13.1 Å². The van der Waals surface area contributed by atoms with Gasteiger partial charge >= 0.3 is 6.09 Å². The van der Waals surface area contributed by atoms with Crippen LogP contribution in [0.25, 0.3) is 11.6 Å². The van der Waals surface area contributed by atoms with E-state index in [9.17, 15) is 4.79 Å². The number of hydrogen-bond acceptors (Lipinski definition) is 5. The summed E-state index contributed by atoms with van der Waals surface area (Å²) in [5.74, 6) is 0. The van der Waals surface area contributed by atoms with Crippen LogP contribution in [0.4, 0.5) is 4.79 Å². The van der Waals surface area contributed by atoms with Gasteiger partial charge in [0.05, 0.1) is 18.1 Å². The van der Waals surface area contributed by atoms with Crippen LogP contribution in [0.15, 0.2) is 49.1 Å². The van der Waals surface area contributed by atoms with E-state index >= 15 is 0 Å². The lowest BCUT2D eigenvalue weighted by molar-refractivity contribution is 0.0380. The van der Waals surface area contributed by atoms with Crippen LogP contribution in [0.2, 0.25) is 0 Å². The molecule has 0 spiro atoms. The summed E-state index contributed by atoms with van der Waals surface area (Å²) >= 11 is 0. The van der Waals surface area contributed by atoms with Gasteiger partial charge in [-0.05, 0) is 61.1 Å². The van der Waals surface area contributed by atoms with Crippen molar-refractivity contribution in [2.24, 2.45) is 7.05 Å². The molecule has 0 N–H and O–H groups in total. The molecule has 1 atom stereocenters. The lowest BCUT2D eigenvalue weighted by Crippen LogP contribution is -2.50. The molecule has 7 heteroatoms. The molecule has 1 aromatic carbocycles. The molecule has 0 bridgehead atoms. The first kappa shape index (κ1) is 23.0. The van der Waals surface area contributed by atoms with Gasteiger partial charge in [-0.1, -0.05) is 29.8 Å². The average molecular weight is 484 g/mol. The number of hydrogen-bond donors (Lipinski definition) is 0. The third-order valence-electron chi connectivity index (χ3n) is 7.82. The maximum absolute atomic E-state index is 12.7. The van der Waals surface area contributed by atoms with Gasteiger partial charge in [0, 0.05) is 57.7 Å². The van der Waals surface area contributed by atoms with Crippen molar-refractivity contribution in [2.45, 2.75) is 44.8 Å². The number of benzene rings is 1. The molecule has 1 amide bonds. The molecule has 1 saturated carbocycles. The van der Waals surface area contributed by atoms with Crippen molar-refractivity contribution < 1.29 is 9.53 Å². The number of amides is 1. The Kier molecular flexibility index (Phi) is 5.67. The molecule has 0 radical (unpaired) electrons. The van der Waals surface area contributed by atoms with E-state index in [-0.39, 0.29) is 17.7 Å². The minimum Gasteiger partial charge on any atom is -0.443 e. The molecular weight excluding hydrogens is 450 g/mol. The molecular formula is C29H33N5O2. The third kappa shape index (κ3) is 4.32. The van der Waals surface area contributed by atoms with Gasteiger partial charge < -0.3 is 14.2 Å². The number of pyridine rings is 1. The quantitative estimate of drug-likeness (QED) is 0.542. The minimum atomic E-state index is -0.245. The number of piperazine rings is 1. The van der Waals surface area contributed by atoms with E-state index in [1.54, 1.807) is 0 Å². The lowest BCUT2D eigenvalue weighted by atomic mass is 9.91. The van der Waals surface area contributed by atoms with E-state index in [2.05, 4.69) is 51.7 Å². The summed E-state index contributed by atoms with van der Waals surface area (Å²) in [5.41, 5.74) is 8.20. The zero-order chi connectivity index (χ0) is 24.9. The van der Waals surface area contributed by atoms with E-state index in [0.717, 1.165) is 43.6 Å². The number of imidazole rings is 1. The number of fused-ring (bicyclic) bond motifs is 2. The molecule has 7 nitrogen and oxygen atoms in total.